The first-order valence-electron chi connectivity index (χ1n) is 7.99. The van der Waals surface area contributed by atoms with Crippen LogP contribution in [0, 0.1) is 12.7 Å². The van der Waals surface area contributed by atoms with Crippen molar-refractivity contribution in [1.82, 2.24) is 10.3 Å². The van der Waals surface area contributed by atoms with E-state index in [1.165, 1.54) is 6.07 Å². The molecule has 1 aromatic heterocycles. The first-order valence-corrected chi connectivity index (χ1v) is 7.99. The second kappa shape index (κ2) is 6.11. The molecule has 1 atom stereocenters. The largest absolute Gasteiger partial charge is 0.352 e. The molecule has 0 saturated heterocycles. The minimum atomic E-state index is -0.682. The van der Waals surface area contributed by atoms with E-state index in [1.54, 1.807) is 24.4 Å². The zero-order valence-corrected chi connectivity index (χ0v) is 13.5. The Labute approximate surface area is 135 Å². The number of rotatable bonds is 5. The molecule has 1 aliphatic rings. The van der Waals surface area contributed by atoms with E-state index in [0.29, 0.717) is 24.8 Å². The minimum Gasteiger partial charge on any atom is -0.352 e. The highest BCUT2D eigenvalue weighted by molar-refractivity contribution is 5.91. The number of carbonyl (C=O) groups is 1. The maximum Gasteiger partial charge on any atom is 0.230 e. The molecule has 23 heavy (non-hydrogen) atoms. The molecular weight excluding hydrogens is 291 g/mol. The fourth-order valence-corrected chi connectivity index (χ4v) is 3.03. The lowest BCUT2D eigenvalue weighted by Gasteiger charge is -2.20. The Hall–Kier alpha value is -2.23. The van der Waals surface area contributed by atoms with Crippen molar-refractivity contribution < 1.29 is 9.18 Å². The van der Waals surface area contributed by atoms with Crippen molar-refractivity contribution in [1.29, 1.82) is 0 Å². The van der Waals surface area contributed by atoms with Crippen LogP contribution in [0.15, 0.2) is 42.6 Å². The molecule has 120 valence electrons. The number of pyridine rings is 1. The van der Waals surface area contributed by atoms with E-state index in [4.69, 9.17) is 0 Å². The summed E-state index contributed by atoms with van der Waals surface area (Å²) >= 11 is 0. The monoisotopic (exact) mass is 312 g/mol. The van der Waals surface area contributed by atoms with Gasteiger partial charge in [-0.3, -0.25) is 9.78 Å². The van der Waals surface area contributed by atoms with Crippen LogP contribution < -0.4 is 5.32 Å². The van der Waals surface area contributed by atoms with Gasteiger partial charge in [-0.1, -0.05) is 24.3 Å². The van der Waals surface area contributed by atoms with Gasteiger partial charge in [-0.2, -0.15) is 0 Å². The van der Waals surface area contributed by atoms with E-state index >= 15 is 0 Å². The Morgan fingerprint density at radius 1 is 1.30 bits per heavy atom. The molecule has 1 amide bonds. The predicted molar refractivity (Wildman–Crippen MR) is 87.6 cm³/mol. The molecule has 1 heterocycles. The fraction of sp³-hybridized carbons (Fsp3) is 0.368. The van der Waals surface area contributed by atoms with Crippen molar-refractivity contribution in [2.45, 2.75) is 44.6 Å². The molecule has 1 unspecified atom stereocenters. The molecule has 1 fully saturated rings. The number of hydrogen-bond donors (Lipinski definition) is 1. The molecule has 1 saturated carbocycles. The van der Waals surface area contributed by atoms with E-state index in [-0.39, 0.29) is 17.8 Å². The Balaban J connectivity index is 1.70. The van der Waals surface area contributed by atoms with Crippen LogP contribution in [0.5, 0.6) is 0 Å². The Kier molecular flexibility index (Phi) is 4.16. The van der Waals surface area contributed by atoms with Crippen LogP contribution in [-0.4, -0.2) is 16.9 Å². The number of benzene rings is 1. The van der Waals surface area contributed by atoms with Crippen molar-refractivity contribution in [2.24, 2.45) is 0 Å². The maximum atomic E-state index is 14.0. The van der Waals surface area contributed by atoms with E-state index in [1.807, 2.05) is 26.0 Å². The molecule has 0 aliphatic heterocycles. The van der Waals surface area contributed by atoms with Gasteiger partial charge in [-0.15, -0.1) is 0 Å². The second-order valence-corrected chi connectivity index (χ2v) is 6.41. The second-order valence-electron chi connectivity index (χ2n) is 6.41. The number of hydrogen-bond acceptors (Lipinski definition) is 2. The van der Waals surface area contributed by atoms with Crippen LogP contribution in [0.2, 0.25) is 0 Å². The lowest BCUT2D eigenvalue weighted by Crippen LogP contribution is -2.41. The molecule has 0 spiro atoms. The van der Waals surface area contributed by atoms with Crippen molar-refractivity contribution in [3.8, 4) is 0 Å². The third-order valence-corrected chi connectivity index (χ3v) is 4.57. The summed E-state index contributed by atoms with van der Waals surface area (Å²) < 4.78 is 14.0. The zero-order chi connectivity index (χ0) is 16.4. The van der Waals surface area contributed by atoms with Gasteiger partial charge < -0.3 is 5.32 Å². The predicted octanol–water partition coefficient (Wildman–Crippen LogP) is 3.31. The van der Waals surface area contributed by atoms with Crippen molar-refractivity contribution in [2.75, 3.05) is 0 Å². The number of amides is 1. The first-order chi connectivity index (χ1) is 11.0. The van der Waals surface area contributed by atoms with Gasteiger partial charge in [0.05, 0.1) is 5.41 Å². The molecule has 1 N–H and O–H groups in total. The van der Waals surface area contributed by atoms with Crippen LogP contribution in [0.4, 0.5) is 4.39 Å². The van der Waals surface area contributed by atoms with Gasteiger partial charge in [0, 0.05) is 29.9 Å². The van der Waals surface area contributed by atoms with Gasteiger partial charge in [0.1, 0.15) is 5.82 Å². The van der Waals surface area contributed by atoms with Gasteiger partial charge in [-0.25, -0.2) is 4.39 Å². The summed E-state index contributed by atoms with van der Waals surface area (Å²) in [6.45, 7) is 3.97. The van der Waals surface area contributed by atoms with E-state index in [2.05, 4.69) is 10.3 Å². The summed E-state index contributed by atoms with van der Waals surface area (Å²) in [5.41, 5.74) is 1.93. The Bertz CT molecular complexity index is 725. The number of nitrogens with one attached hydrogen (secondary N) is 1. The number of carbonyl (C=O) groups excluding carboxylic acids is 1. The highest BCUT2D eigenvalue weighted by Crippen LogP contribution is 2.49. The molecule has 3 nitrogen and oxygen atoms in total. The highest BCUT2D eigenvalue weighted by Gasteiger charge is 2.52. The van der Waals surface area contributed by atoms with Gasteiger partial charge in [-0.05, 0) is 44.4 Å². The van der Waals surface area contributed by atoms with E-state index < -0.39 is 5.41 Å². The normalized spacial score (nSPS) is 16.7. The number of aromatic nitrogens is 1. The van der Waals surface area contributed by atoms with Crippen LogP contribution >= 0.6 is 0 Å². The van der Waals surface area contributed by atoms with Crippen LogP contribution in [0.3, 0.4) is 0 Å². The van der Waals surface area contributed by atoms with Crippen molar-refractivity contribution in [3.63, 3.8) is 0 Å². The standard InChI is InChI=1S/C19H21FN2O/c1-13-6-5-11-21-17(13)12-14(2)22-18(23)19(9-10-19)15-7-3-4-8-16(15)20/h3-8,11,14H,9-10,12H2,1-2H3,(H,22,23). The topological polar surface area (TPSA) is 42.0 Å². The van der Waals surface area contributed by atoms with Crippen LogP contribution in [0.1, 0.15) is 36.6 Å². The quantitative estimate of drug-likeness (QED) is 0.920. The summed E-state index contributed by atoms with van der Waals surface area (Å²) in [5, 5.41) is 3.04. The van der Waals surface area contributed by atoms with Crippen molar-refractivity contribution in [3.05, 3.63) is 65.2 Å². The SMILES string of the molecule is Cc1cccnc1CC(C)NC(=O)C1(c2ccccc2F)CC1. The lowest BCUT2D eigenvalue weighted by molar-refractivity contribution is -0.124. The smallest absolute Gasteiger partial charge is 0.230 e. The summed E-state index contributed by atoms with van der Waals surface area (Å²) in [7, 11) is 0. The summed E-state index contributed by atoms with van der Waals surface area (Å²) in [5.74, 6) is -0.378. The highest BCUT2D eigenvalue weighted by atomic mass is 19.1. The maximum absolute atomic E-state index is 14.0. The minimum absolute atomic E-state index is 0.0413. The summed E-state index contributed by atoms with van der Waals surface area (Å²) in [6.07, 6.45) is 3.84. The molecule has 0 radical (unpaired) electrons. The third kappa shape index (κ3) is 3.11. The van der Waals surface area contributed by atoms with Crippen molar-refractivity contribution >= 4 is 5.91 Å². The third-order valence-electron chi connectivity index (χ3n) is 4.57. The van der Waals surface area contributed by atoms with E-state index in [9.17, 15) is 9.18 Å². The average Bonchev–Trinajstić information content (AvgIpc) is 3.32. The van der Waals surface area contributed by atoms with Crippen LogP contribution in [0.25, 0.3) is 0 Å². The van der Waals surface area contributed by atoms with Gasteiger partial charge in [0.25, 0.3) is 0 Å². The Morgan fingerprint density at radius 3 is 2.70 bits per heavy atom. The summed E-state index contributed by atoms with van der Waals surface area (Å²) in [6, 6.07) is 10.4. The molecule has 3 rings (SSSR count). The molecule has 1 aromatic carbocycles. The fourth-order valence-electron chi connectivity index (χ4n) is 3.03. The molecule has 2 aromatic rings. The number of aryl methyl sites for hydroxylation is 1. The lowest BCUT2D eigenvalue weighted by atomic mass is 9.94. The van der Waals surface area contributed by atoms with Crippen LogP contribution in [-0.2, 0) is 16.6 Å². The van der Waals surface area contributed by atoms with E-state index in [0.717, 1.165) is 11.3 Å². The first kappa shape index (κ1) is 15.7. The van der Waals surface area contributed by atoms with Gasteiger partial charge in [0.2, 0.25) is 5.91 Å². The zero-order valence-electron chi connectivity index (χ0n) is 13.5. The molecule has 4 heteroatoms. The Morgan fingerprint density at radius 2 is 2.04 bits per heavy atom. The number of nitrogens with zero attached hydrogens (tertiary/aromatic N) is 1. The van der Waals surface area contributed by atoms with Gasteiger partial charge in [0.15, 0.2) is 0 Å². The average molecular weight is 312 g/mol. The molecular formula is C19H21FN2O. The summed E-state index contributed by atoms with van der Waals surface area (Å²) in [4.78, 5) is 17.0. The molecule has 1 aliphatic carbocycles. The number of halogens is 1. The molecule has 0 bridgehead atoms. The van der Waals surface area contributed by atoms with Gasteiger partial charge >= 0.3 is 0 Å².